The lowest BCUT2D eigenvalue weighted by atomic mass is 10.2. The molecule has 0 spiro atoms. The molecule has 3 amide bonds. The summed E-state index contributed by atoms with van der Waals surface area (Å²) in [4.78, 5) is 47.9. The number of halogens is 1. The van der Waals surface area contributed by atoms with Crippen molar-refractivity contribution < 1.29 is 23.5 Å². The smallest absolute Gasteiger partial charge is 0.247 e. The van der Waals surface area contributed by atoms with Crippen molar-refractivity contribution in [3.05, 3.63) is 72.8 Å². The number of amides is 3. The van der Waals surface area contributed by atoms with Gasteiger partial charge >= 0.3 is 0 Å². The third-order valence-electron chi connectivity index (χ3n) is 5.66. The number of benzene rings is 2. The summed E-state index contributed by atoms with van der Waals surface area (Å²) >= 11 is 0. The monoisotopic (exact) mass is 476 g/mol. The van der Waals surface area contributed by atoms with Crippen LogP contribution in [0.4, 0.5) is 27.1 Å². The van der Waals surface area contributed by atoms with Crippen molar-refractivity contribution in [2.75, 3.05) is 28.4 Å². The first-order valence-corrected chi connectivity index (χ1v) is 11.1. The van der Waals surface area contributed by atoms with Crippen LogP contribution in [0.25, 0.3) is 0 Å². The quantitative estimate of drug-likeness (QED) is 0.501. The average Bonchev–Trinajstić information content (AvgIpc) is 2.93. The molecule has 0 bridgehead atoms. The van der Waals surface area contributed by atoms with Crippen molar-refractivity contribution in [1.29, 1.82) is 0 Å². The Bertz CT molecular complexity index is 1250. The third-order valence-corrected chi connectivity index (χ3v) is 5.66. The first-order valence-electron chi connectivity index (χ1n) is 11.1. The highest BCUT2D eigenvalue weighted by molar-refractivity contribution is 6.19. The van der Waals surface area contributed by atoms with Gasteiger partial charge in [0.05, 0.1) is 30.4 Å². The molecule has 0 N–H and O–H groups in total. The molecular formula is C26H25FN4O4. The summed E-state index contributed by atoms with van der Waals surface area (Å²) in [6, 6.07) is 13.9. The van der Waals surface area contributed by atoms with Gasteiger partial charge in [-0.15, -0.1) is 0 Å². The summed E-state index contributed by atoms with van der Waals surface area (Å²) in [6.07, 6.45) is 2.53. The van der Waals surface area contributed by atoms with Gasteiger partial charge in [-0.3, -0.25) is 24.3 Å². The van der Waals surface area contributed by atoms with Gasteiger partial charge in [0.2, 0.25) is 17.7 Å². The summed E-state index contributed by atoms with van der Waals surface area (Å²) in [6.45, 7) is 3.41. The maximum Gasteiger partial charge on any atom is 0.247 e. The Morgan fingerprint density at radius 3 is 2.46 bits per heavy atom. The van der Waals surface area contributed by atoms with Crippen molar-refractivity contribution >= 4 is 40.5 Å². The molecule has 1 aliphatic heterocycles. The number of anilines is 4. The normalized spacial score (nSPS) is 13.5. The molecule has 1 aromatic heterocycles. The van der Waals surface area contributed by atoms with Crippen LogP contribution in [-0.4, -0.2) is 42.4 Å². The van der Waals surface area contributed by atoms with Crippen molar-refractivity contribution in [2.24, 2.45) is 0 Å². The van der Waals surface area contributed by atoms with E-state index in [1.54, 1.807) is 54.6 Å². The summed E-state index contributed by atoms with van der Waals surface area (Å²) < 4.78 is 19.5. The van der Waals surface area contributed by atoms with Gasteiger partial charge in [0.15, 0.2) is 0 Å². The van der Waals surface area contributed by atoms with Gasteiger partial charge in [-0.25, -0.2) is 4.39 Å². The van der Waals surface area contributed by atoms with E-state index in [9.17, 15) is 18.8 Å². The number of hydrogen-bond acceptors (Lipinski definition) is 5. The maximum absolute atomic E-state index is 14.3. The highest BCUT2D eigenvalue weighted by Gasteiger charge is 2.35. The number of nitrogens with zero attached hydrogens (tertiary/aromatic N) is 4. The zero-order chi connectivity index (χ0) is 25.1. The number of rotatable bonds is 6. The first kappa shape index (κ1) is 23.9. The second kappa shape index (κ2) is 9.92. The largest absolute Gasteiger partial charge is 0.497 e. The predicted molar refractivity (Wildman–Crippen MR) is 130 cm³/mol. The Kier molecular flexibility index (Phi) is 6.77. The van der Waals surface area contributed by atoms with Crippen molar-refractivity contribution in [3.8, 4) is 5.75 Å². The van der Waals surface area contributed by atoms with Crippen LogP contribution in [0, 0.1) is 5.82 Å². The topological polar surface area (TPSA) is 83.0 Å². The highest BCUT2D eigenvalue weighted by Crippen LogP contribution is 2.38. The summed E-state index contributed by atoms with van der Waals surface area (Å²) in [7, 11) is 1.56. The van der Waals surface area contributed by atoms with Crippen LogP contribution in [0.3, 0.4) is 0 Å². The zero-order valence-corrected chi connectivity index (χ0v) is 19.6. The maximum atomic E-state index is 14.3. The van der Waals surface area contributed by atoms with Crippen molar-refractivity contribution in [1.82, 2.24) is 4.98 Å². The number of fused-ring (bicyclic) bond motifs is 1. The summed E-state index contributed by atoms with van der Waals surface area (Å²) in [5.74, 6) is -1.37. The van der Waals surface area contributed by atoms with Gasteiger partial charge in [-0.2, -0.15) is 0 Å². The molecule has 9 heteroatoms. The minimum absolute atomic E-state index is 0.169. The van der Waals surface area contributed by atoms with Crippen LogP contribution in [0.2, 0.25) is 0 Å². The fraction of sp³-hybridized carbons (Fsp3) is 0.231. The molecule has 35 heavy (non-hydrogen) atoms. The van der Waals surface area contributed by atoms with E-state index in [4.69, 9.17) is 4.74 Å². The average molecular weight is 477 g/mol. The van der Waals surface area contributed by atoms with E-state index < -0.39 is 24.1 Å². The lowest BCUT2D eigenvalue weighted by Gasteiger charge is -2.31. The van der Waals surface area contributed by atoms with Crippen LogP contribution in [0.1, 0.15) is 20.3 Å². The SMILES string of the molecule is COc1ccc(N(C(=O)CN2C(=O)CC(=O)N(c3cccnc3)c3cc(F)ccc32)C(C)C)cc1. The van der Waals surface area contributed by atoms with E-state index in [1.807, 2.05) is 13.8 Å². The Labute approximate surface area is 202 Å². The minimum Gasteiger partial charge on any atom is -0.497 e. The fourth-order valence-corrected chi connectivity index (χ4v) is 4.10. The first-order chi connectivity index (χ1) is 16.8. The van der Waals surface area contributed by atoms with E-state index in [1.165, 1.54) is 34.2 Å². The van der Waals surface area contributed by atoms with Crippen molar-refractivity contribution in [3.63, 3.8) is 0 Å². The molecular weight excluding hydrogens is 451 g/mol. The zero-order valence-electron chi connectivity index (χ0n) is 19.6. The predicted octanol–water partition coefficient (Wildman–Crippen LogP) is 4.07. The molecule has 0 saturated carbocycles. The molecule has 2 aromatic carbocycles. The standard InChI is InChI=1S/C26H25FN4O4/c1-17(2)30(19-7-9-21(35-3)10-8-19)26(34)16-29-22-11-6-18(27)13-23(22)31(25(33)14-24(29)32)20-5-4-12-28-15-20/h4-13,15,17H,14,16H2,1-3H3. The fourth-order valence-electron chi connectivity index (χ4n) is 4.10. The molecule has 0 radical (unpaired) electrons. The molecule has 0 fully saturated rings. The van der Waals surface area contributed by atoms with Gasteiger partial charge in [0, 0.05) is 24.0 Å². The highest BCUT2D eigenvalue weighted by atomic mass is 19.1. The van der Waals surface area contributed by atoms with Crippen molar-refractivity contribution in [2.45, 2.75) is 26.3 Å². The number of aromatic nitrogens is 1. The molecule has 3 aromatic rings. The second-order valence-electron chi connectivity index (χ2n) is 8.29. The lowest BCUT2D eigenvalue weighted by molar-refractivity contribution is -0.127. The van der Waals surface area contributed by atoms with Crippen LogP contribution in [-0.2, 0) is 14.4 Å². The second-order valence-corrected chi connectivity index (χ2v) is 8.29. The minimum atomic E-state index is -0.576. The molecule has 8 nitrogen and oxygen atoms in total. The molecule has 180 valence electrons. The Balaban J connectivity index is 1.73. The van der Waals surface area contributed by atoms with Gasteiger partial charge < -0.3 is 14.5 Å². The molecule has 0 aliphatic carbocycles. The Morgan fingerprint density at radius 2 is 1.83 bits per heavy atom. The molecule has 0 atom stereocenters. The van der Waals surface area contributed by atoms with Gasteiger partial charge in [-0.05, 0) is 62.4 Å². The van der Waals surface area contributed by atoms with Crippen LogP contribution >= 0.6 is 0 Å². The van der Waals surface area contributed by atoms with E-state index in [-0.39, 0.29) is 29.9 Å². The third kappa shape index (κ3) is 4.84. The number of methoxy groups -OCH3 is 1. The molecule has 1 aliphatic rings. The number of carbonyl (C=O) groups excluding carboxylic acids is 3. The van der Waals surface area contributed by atoms with E-state index in [2.05, 4.69) is 4.98 Å². The molecule has 2 heterocycles. The number of pyridine rings is 1. The van der Waals surface area contributed by atoms with E-state index >= 15 is 0 Å². The molecule has 4 rings (SSSR count). The van der Waals surface area contributed by atoms with Crippen LogP contribution < -0.4 is 19.4 Å². The van der Waals surface area contributed by atoms with Crippen LogP contribution in [0.5, 0.6) is 5.75 Å². The Morgan fingerprint density at radius 1 is 1.09 bits per heavy atom. The van der Waals surface area contributed by atoms with Gasteiger partial charge in [0.25, 0.3) is 0 Å². The summed E-state index contributed by atoms with van der Waals surface area (Å²) in [5, 5.41) is 0. The van der Waals surface area contributed by atoms with Crippen LogP contribution in [0.15, 0.2) is 67.0 Å². The van der Waals surface area contributed by atoms with Gasteiger partial charge in [0.1, 0.15) is 24.5 Å². The van der Waals surface area contributed by atoms with E-state index in [0.29, 0.717) is 17.1 Å². The Hall–Kier alpha value is -4.27. The number of carbonyl (C=O) groups is 3. The summed E-state index contributed by atoms with van der Waals surface area (Å²) in [5.41, 5.74) is 1.47. The lowest BCUT2D eigenvalue weighted by Crippen LogP contribution is -2.46. The molecule has 0 saturated heterocycles. The van der Waals surface area contributed by atoms with E-state index in [0.717, 1.165) is 0 Å². The number of ether oxygens (including phenoxy) is 1. The number of hydrogen-bond donors (Lipinski definition) is 0. The van der Waals surface area contributed by atoms with Gasteiger partial charge in [-0.1, -0.05) is 0 Å². The molecule has 0 unspecified atom stereocenters.